The van der Waals surface area contributed by atoms with E-state index in [-0.39, 0.29) is 24.1 Å². The fourth-order valence-corrected chi connectivity index (χ4v) is 1.55. The Morgan fingerprint density at radius 1 is 1.50 bits per heavy atom. The van der Waals surface area contributed by atoms with Gasteiger partial charge in [-0.25, -0.2) is 4.79 Å². The summed E-state index contributed by atoms with van der Waals surface area (Å²) in [5.41, 5.74) is 0.550. The number of carbonyl (C=O) groups is 2. The van der Waals surface area contributed by atoms with Crippen molar-refractivity contribution >= 4 is 17.6 Å². The van der Waals surface area contributed by atoms with E-state index < -0.39 is 5.97 Å². The topological polar surface area (TPSA) is 82.5 Å². The van der Waals surface area contributed by atoms with Crippen molar-refractivity contribution in [3.8, 4) is 0 Å². The zero-order valence-corrected chi connectivity index (χ0v) is 10.7. The molecule has 1 heterocycles. The second kappa shape index (κ2) is 6.00. The molecule has 0 saturated carbocycles. The molecule has 0 atom stereocenters. The van der Waals surface area contributed by atoms with Gasteiger partial charge in [-0.2, -0.15) is 0 Å². The summed E-state index contributed by atoms with van der Waals surface area (Å²) in [5, 5.41) is 11.8. The molecule has 0 bridgehead atoms. The summed E-state index contributed by atoms with van der Waals surface area (Å²) in [5.74, 6) is -1.21. The summed E-state index contributed by atoms with van der Waals surface area (Å²) in [6.45, 7) is 3.84. The van der Waals surface area contributed by atoms with Gasteiger partial charge in [0.25, 0.3) is 0 Å². The number of carboxylic acid groups (broad SMARTS) is 1. The normalized spacial score (nSPS) is 10.2. The van der Waals surface area contributed by atoms with Gasteiger partial charge in [0.15, 0.2) is 0 Å². The predicted octanol–water partition coefficient (Wildman–Crippen LogP) is 0.741. The van der Waals surface area contributed by atoms with E-state index in [9.17, 15) is 9.59 Å². The summed E-state index contributed by atoms with van der Waals surface area (Å²) >= 11 is 0. The molecule has 0 fully saturated rings. The largest absolute Gasteiger partial charge is 0.478 e. The number of nitrogens with zero attached hydrogens (tertiary/aromatic N) is 2. The van der Waals surface area contributed by atoms with Gasteiger partial charge in [0, 0.05) is 25.5 Å². The minimum atomic E-state index is -1.06. The standard InChI is InChI=1S/C12H17N3O3/c1-8(2)14-11(16)7-15(3)10-4-5-13-6-9(10)12(17)18/h4-6,8H,7H2,1-3H3,(H,14,16)(H,17,18). The fraction of sp³-hybridized carbons (Fsp3) is 0.417. The number of carbonyl (C=O) groups excluding carboxylic acids is 1. The number of anilines is 1. The van der Waals surface area contributed by atoms with Crippen molar-refractivity contribution in [2.45, 2.75) is 19.9 Å². The zero-order chi connectivity index (χ0) is 13.7. The summed E-state index contributed by atoms with van der Waals surface area (Å²) in [6, 6.07) is 1.63. The van der Waals surface area contributed by atoms with Gasteiger partial charge in [-0.3, -0.25) is 9.78 Å². The molecule has 1 rings (SSSR count). The maximum absolute atomic E-state index is 11.6. The van der Waals surface area contributed by atoms with Crippen LogP contribution in [-0.4, -0.2) is 41.6 Å². The van der Waals surface area contributed by atoms with Crippen molar-refractivity contribution in [1.29, 1.82) is 0 Å². The van der Waals surface area contributed by atoms with E-state index in [0.717, 1.165) is 0 Å². The Morgan fingerprint density at radius 3 is 2.72 bits per heavy atom. The number of hydrogen-bond donors (Lipinski definition) is 2. The summed E-state index contributed by atoms with van der Waals surface area (Å²) in [4.78, 5) is 28.0. The molecule has 0 unspecified atom stereocenters. The second-order valence-electron chi connectivity index (χ2n) is 4.28. The lowest BCUT2D eigenvalue weighted by molar-refractivity contribution is -0.120. The highest BCUT2D eigenvalue weighted by Gasteiger charge is 2.15. The number of amides is 1. The van der Waals surface area contributed by atoms with Gasteiger partial charge < -0.3 is 15.3 Å². The van der Waals surface area contributed by atoms with E-state index in [4.69, 9.17) is 5.11 Å². The van der Waals surface area contributed by atoms with Gasteiger partial charge in [0.2, 0.25) is 5.91 Å². The first-order valence-corrected chi connectivity index (χ1v) is 5.59. The van der Waals surface area contributed by atoms with Crippen LogP contribution in [-0.2, 0) is 4.79 Å². The van der Waals surface area contributed by atoms with Crippen LogP contribution in [0.3, 0.4) is 0 Å². The van der Waals surface area contributed by atoms with Gasteiger partial charge in [0.1, 0.15) is 5.56 Å². The Kier molecular flexibility index (Phi) is 4.65. The van der Waals surface area contributed by atoms with E-state index >= 15 is 0 Å². The fourth-order valence-electron chi connectivity index (χ4n) is 1.55. The smallest absolute Gasteiger partial charge is 0.339 e. The summed E-state index contributed by atoms with van der Waals surface area (Å²) in [6.07, 6.45) is 2.77. The molecule has 2 N–H and O–H groups in total. The average molecular weight is 251 g/mol. The molecule has 0 aliphatic carbocycles. The number of carboxylic acids is 1. The maximum atomic E-state index is 11.6. The van der Waals surface area contributed by atoms with Gasteiger partial charge in [-0.15, -0.1) is 0 Å². The summed E-state index contributed by atoms with van der Waals surface area (Å²) < 4.78 is 0. The van der Waals surface area contributed by atoms with E-state index in [1.807, 2.05) is 13.8 Å². The van der Waals surface area contributed by atoms with Crippen LogP contribution in [0.25, 0.3) is 0 Å². The number of likely N-dealkylation sites (N-methyl/N-ethyl adjacent to an activating group) is 1. The maximum Gasteiger partial charge on any atom is 0.339 e. The third kappa shape index (κ3) is 3.73. The first-order valence-electron chi connectivity index (χ1n) is 5.59. The molecule has 6 heteroatoms. The molecule has 0 aromatic carbocycles. The molecule has 0 spiro atoms. The van der Waals surface area contributed by atoms with Crippen LogP contribution in [0, 0.1) is 0 Å². The van der Waals surface area contributed by atoms with Gasteiger partial charge >= 0.3 is 5.97 Å². The molecule has 98 valence electrons. The lowest BCUT2D eigenvalue weighted by Crippen LogP contribution is -2.39. The Balaban J connectivity index is 2.81. The molecular formula is C12H17N3O3. The van der Waals surface area contributed by atoms with Crippen LogP contribution in [0.15, 0.2) is 18.5 Å². The highest BCUT2D eigenvalue weighted by Crippen LogP contribution is 2.17. The van der Waals surface area contributed by atoms with E-state index in [2.05, 4.69) is 10.3 Å². The molecule has 1 aromatic heterocycles. The Bertz CT molecular complexity index is 446. The van der Waals surface area contributed by atoms with Crippen molar-refractivity contribution in [1.82, 2.24) is 10.3 Å². The Morgan fingerprint density at radius 2 is 2.17 bits per heavy atom. The lowest BCUT2D eigenvalue weighted by atomic mass is 10.2. The minimum absolute atomic E-state index is 0.0577. The first-order chi connectivity index (χ1) is 8.41. The summed E-state index contributed by atoms with van der Waals surface area (Å²) in [7, 11) is 1.67. The van der Waals surface area contributed by atoms with Gasteiger partial charge in [-0.1, -0.05) is 0 Å². The molecule has 0 aliphatic rings. The average Bonchev–Trinajstić information content (AvgIpc) is 2.27. The Labute approximate surface area is 106 Å². The molecule has 6 nitrogen and oxygen atoms in total. The number of rotatable bonds is 5. The SMILES string of the molecule is CC(C)NC(=O)CN(C)c1ccncc1C(=O)O. The van der Waals surface area contributed by atoms with Crippen molar-refractivity contribution in [3.63, 3.8) is 0 Å². The van der Waals surface area contributed by atoms with Crippen molar-refractivity contribution in [2.24, 2.45) is 0 Å². The van der Waals surface area contributed by atoms with Gasteiger partial charge in [0.05, 0.1) is 12.2 Å². The number of aromatic nitrogens is 1. The first kappa shape index (κ1) is 14.0. The molecular weight excluding hydrogens is 234 g/mol. The lowest BCUT2D eigenvalue weighted by Gasteiger charge is -2.21. The number of aromatic carboxylic acids is 1. The van der Waals surface area contributed by atoms with Crippen LogP contribution in [0.4, 0.5) is 5.69 Å². The van der Waals surface area contributed by atoms with Crippen LogP contribution >= 0.6 is 0 Å². The zero-order valence-electron chi connectivity index (χ0n) is 10.7. The van der Waals surface area contributed by atoms with E-state index in [0.29, 0.717) is 5.69 Å². The molecule has 18 heavy (non-hydrogen) atoms. The highest BCUT2D eigenvalue weighted by atomic mass is 16.4. The predicted molar refractivity (Wildman–Crippen MR) is 67.7 cm³/mol. The molecule has 0 aliphatic heterocycles. The van der Waals surface area contributed by atoms with Crippen LogP contribution < -0.4 is 10.2 Å². The highest BCUT2D eigenvalue weighted by molar-refractivity contribution is 5.95. The number of hydrogen-bond acceptors (Lipinski definition) is 4. The monoisotopic (exact) mass is 251 g/mol. The van der Waals surface area contributed by atoms with Gasteiger partial charge in [-0.05, 0) is 19.9 Å². The van der Waals surface area contributed by atoms with Crippen molar-refractivity contribution in [3.05, 3.63) is 24.0 Å². The quantitative estimate of drug-likeness (QED) is 0.806. The van der Waals surface area contributed by atoms with E-state index in [1.165, 1.54) is 12.4 Å². The molecule has 1 aromatic rings. The third-order valence-corrected chi connectivity index (χ3v) is 2.27. The van der Waals surface area contributed by atoms with Crippen LogP contribution in [0.2, 0.25) is 0 Å². The van der Waals surface area contributed by atoms with Crippen LogP contribution in [0.5, 0.6) is 0 Å². The second-order valence-corrected chi connectivity index (χ2v) is 4.28. The minimum Gasteiger partial charge on any atom is -0.478 e. The number of nitrogens with one attached hydrogen (secondary N) is 1. The van der Waals surface area contributed by atoms with Crippen molar-refractivity contribution in [2.75, 3.05) is 18.5 Å². The third-order valence-electron chi connectivity index (χ3n) is 2.27. The molecule has 0 radical (unpaired) electrons. The van der Waals surface area contributed by atoms with Crippen LogP contribution in [0.1, 0.15) is 24.2 Å². The van der Waals surface area contributed by atoms with E-state index in [1.54, 1.807) is 18.0 Å². The molecule has 1 amide bonds. The Hall–Kier alpha value is -2.11. The van der Waals surface area contributed by atoms with Crippen molar-refractivity contribution < 1.29 is 14.7 Å². The number of pyridine rings is 1. The molecule has 0 saturated heterocycles.